The molecule has 0 aliphatic rings. The Morgan fingerprint density at radius 2 is 2.25 bits per heavy atom. The van der Waals surface area contributed by atoms with Gasteiger partial charge in [0, 0.05) is 12.1 Å². The molecule has 4 nitrogen and oxygen atoms in total. The van der Waals surface area contributed by atoms with Gasteiger partial charge in [-0.05, 0) is 24.1 Å². The quantitative estimate of drug-likeness (QED) is 0.833. The van der Waals surface area contributed by atoms with Crippen LogP contribution in [0.25, 0.3) is 0 Å². The second-order valence-electron chi connectivity index (χ2n) is 4.59. The first-order valence-corrected chi connectivity index (χ1v) is 6.36. The average Bonchev–Trinajstić information content (AvgIpc) is 2.39. The Hall–Kier alpha value is -2.06. The first-order chi connectivity index (χ1) is 9.52. The van der Waals surface area contributed by atoms with E-state index in [1.54, 1.807) is 6.07 Å². The van der Waals surface area contributed by atoms with Gasteiger partial charge >= 0.3 is 6.09 Å². The molecule has 1 aromatic rings. The van der Waals surface area contributed by atoms with Gasteiger partial charge in [-0.1, -0.05) is 25.7 Å². The van der Waals surface area contributed by atoms with Gasteiger partial charge in [0.2, 0.25) is 0 Å². The van der Waals surface area contributed by atoms with Crippen LogP contribution in [0.4, 0.5) is 14.9 Å². The summed E-state index contributed by atoms with van der Waals surface area (Å²) in [4.78, 5) is 11.4. The van der Waals surface area contributed by atoms with E-state index in [0.29, 0.717) is 18.7 Å². The molecule has 0 aromatic heterocycles. The van der Waals surface area contributed by atoms with Crippen LogP contribution in [0.1, 0.15) is 25.8 Å². The van der Waals surface area contributed by atoms with Gasteiger partial charge in [0.25, 0.3) is 0 Å². The van der Waals surface area contributed by atoms with E-state index in [1.807, 2.05) is 13.8 Å². The number of rotatable bonds is 4. The maximum atomic E-state index is 13.7. The molecule has 0 saturated heterocycles. The van der Waals surface area contributed by atoms with E-state index in [-0.39, 0.29) is 18.1 Å². The third-order valence-corrected chi connectivity index (χ3v) is 2.22. The van der Waals surface area contributed by atoms with Crippen molar-refractivity contribution in [1.29, 1.82) is 0 Å². The van der Waals surface area contributed by atoms with Crippen LogP contribution in [-0.2, 0) is 4.74 Å². The molecule has 0 heterocycles. The number of hydrogen-bond donors (Lipinski definition) is 2. The van der Waals surface area contributed by atoms with Crippen molar-refractivity contribution < 1.29 is 19.0 Å². The Kier molecular flexibility index (Phi) is 6.54. The summed E-state index contributed by atoms with van der Waals surface area (Å²) in [5.41, 5.74) is 0.531. The standard InChI is InChI=1S/C15H18FNO3/c1-11(2)10-20-15(19)17-13-7-6-12(14(16)9-13)5-3-4-8-18/h6-7,9,11,18H,4,8,10H2,1-2H3,(H,17,19). The lowest BCUT2D eigenvalue weighted by Gasteiger charge is -2.09. The molecule has 0 bridgehead atoms. The van der Waals surface area contributed by atoms with Crippen molar-refractivity contribution in [1.82, 2.24) is 0 Å². The van der Waals surface area contributed by atoms with E-state index < -0.39 is 11.9 Å². The fraction of sp³-hybridized carbons (Fsp3) is 0.400. The fourth-order valence-electron chi connectivity index (χ4n) is 1.30. The van der Waals surface area contributed by atoms with Gasteiger partial charge in [0.1, 0.15) is 5.82 Å². The highest BCUT2D eigenvalue weighted by Gasteiger charge is 2.07. The van der Waals surface area contributed by atoms with E-state index in [4.69, 9.17) is 9.84 Å². The molecule has 0 unspecified atom stereocenters. The first-order valence-electron chi connectivity index (χ1n) is 6.36. The fourth-order valence-corrected chi connectivity index (χ4v) is 1.30. The number of nitrogens with one attached hydrogen (secondary N) is 1. The predicted octanol–water partition coefficient (Wildman–Crippen LogP) is 2.76. The molecule has 0 saturated carbocycles. The summed E-state index contributed by atoms with van der Waals surface area (Å²) in [6, 6.07) is 4.19. The molecule has 108 valence electrons. The molecular weight excluding hydrogens is 261 g/mol. The summed E-state index contributed by atoms with van der Waals surface area (Å²) in [5.74, 6) is 4.95. The zero-order valence-electron chi connectivity index (χ0n) is 11.6. The zero-order chi connectivity index (χ0) is 15.0. The molecule has 0 aliphatic heterocycles. The summed E-state index contributed by atoms with van der Waals surface area (Å²) in [6.07, 6.45) is -0.321. The zero-order valence-corrected chi connectivity index (χ0v) is 11.6. The molecule has 0 atom stereocenters. The molecule has 0 fully saturated rings. The molecular formula is C15H18FNO3. The van der Waals surface area contributed by atoms with Crippen LogP contribution in [0.5, 0.6) is 0 Å². The second kappa shape index (κ2) is 8.18. The van der Waals surface area contributed by atoms with Crippen LogP contribution in [0.15, 0.2) is 18.2 Å². The van der Waals surface area contributed by atoms with Gasteiger partial charge in [-0.3, -0.25) is 5.32 Å². The number of hydrogen-bond acceptors (Lipinski definition) is 3. The van der Waals surface area contributed by atoms with E-state index in [9.17, 15) is 9.18 Å². The first kappa shape index (κ1) is 16.0. The van der Waals surface area contributed by atoms with Crippen LogP contribution >= 0.6 is 0 Å². The van der Waals surface area contributed by atoms with Gasteiger partial charge < -0.3 is 9.84 Å². The van der Waals surface area contributed by atoms with Gasteiger partial charge in [0.15, 0.2) is 0 Å². The molecule has 2 N–H and O–H groups in total. The van der Waals surface area contributed by atoms with Gasteiger partial charge in [0.05, 0.1) is 18.8 Å². The minimum absolute atomic E-state index is 0.0596. The lowest BCUT2D eigenvalue weighted by atomic mass is 10.2. The predicted molar refractivity (Wildman–Crippen MR) is 74.8 cm³/mol. The van der Waals surface area contributed by atoms with Gasteiger partial charge in [-0.15, -0.1) is 0 Å². The maximum absolute atomic E-state index is 13.7. The van der Waals surface area contributed by atoms with E-state index in [1.165, 1.54) is 12.1 Å². The monoisotopic (exact) mass is 279 g/mol. The van der Waals surface area contributed by atoms with Gasteiger partial charge in [-0.25, -0.2) is 9.18 Å². The highest BCUT2D eigenvalue weighted by atomic mass is 19.1. The van der Waals surface area contributed by atoms with Crippen LogP contribution in [0, 0.1) is 23.6 Å². The highest BCUT2D eigenvalue weighted by Crippen LogP contribution is 2.14. The number of amides is 1. The van der Waals surface area contributed by atoms with Crippen molar-refractivity contribution in [3.05, 3.63) is 29.6 Å². The summed E-state index contributed by atoms with van der Waals surface area (Å²) in [6.45, 7) is 4.09. The smallest absolute Gasteiger partial charge is 0.411 e. The number of benzene rings is 1. The van der Waals surface area contributed by atoms with Crippen molar-refractivity contribution in [2.24, 2.45) is 5.92 Å². The third-order valence-electron chi connectivity index (χ3n) is 2.22. The Morgan fingerprint density at radius 3 is 2.85 bits per heavy atom. The summed E-state index contributed by atoms with van der Waals surface area (Å²) in [5, 5.41) is 11.0. The second-order valence-corrected chi connectivity index (χ2v) is 4.59. The normalized spacial score (nSPS) is 9.85. The number of carbonyl (C=O) groups is 1. The Morgan fingerprint density at radius 1 is 1.50 bits per heavy atom. The van der Waals surface area contributed by atoms with Crippen LogP contribution < -0.4 is 5.32 Å². The maximum Gasteiger partial charge on any atom is 0.411 e. The number of aliphatic hydroxyl groups is 1. The van der Waals surface area contributed by atoms with Crippen molar-refractivity contribution in [3.8, 4) is 11.8 Å². The van der Waals surface area contributed by atoms with Crippen LogP contribution in [0.3, 0.4) is 0 Å². The topological polar surface area (TPSA) is 58.6 Å². The molecule has 0 radical (unpaired) electrons. The SMILES string of the molecule is CC(C)COC(=O)Nc1ccc(C#CCCO)c(F)c1. The number of carbonyl (C=O) groups excluding carboxylic acids is 1. The van der Waals surface area contributed by atoms with E-state index in [2.05, 4.69) is 17.2 Å². The molecule has 0 spiro atoms. The highest BCUT2D eigenvalue weighted by molar-refractivity contribution is 5.84. The summed E-state index contributed by atoms with van der Waals surface area (Å²) in [7, 11) is 0. The van der Waals surface area contributed by atoms with Crippen LogP contribution in [0.2, 0.25) is 0 Å². The molecule has 0 aliphatic carbocycles. The van der Waals surface area contributed by atoms with Crippen LogP contribution in [-0.4, -0.2) is 24.4 Å². The Labute approximate surface area is 117 Å². The average molecular weight is 279 g/mol. The number of halogens is 1. The van der Waals surface area contributed by atoms with Crippen molar-refractivity contribution in [2.45, 2.75) is 20.3 Å². The number of anilines is 1. The third kappa shape index (κ3) is 5.72. The minimum atomic E-state index is -0.614. The van der Waals surface area contributed by atoms with Crippen molar-refractivity contribution in [3.63, 3.8) is 0 Å². The van der Waals surface area contributed by atoms with Crippen molar-refractivity contribution >= 4 is 11.8 Å². The number of ether oxygens (including phenoxy) is 1. The molecule has 20 heavy (non-hydrogen) atoms. The lowest BCUT2D eigenvalue weighted by molar-refractivity contribution is 0.147. The van der Waals surface area contributed by atoms with Gasteiger partial charge in [-0.2, -0.15) is 0 Å². The Balaban J connectivity index is 2.64. The van der Waals surface area contributed by atoms with Crippen molar-refractivity contribution in [2.75, 3.05) is 18.5 Å². The summed E-state index contributed by atoms with van der Waals surface area (Å²) < 4.78 is 18.6. The molecule has 1 rings (SSSR count). The lowest BCUT2D eigenvalue weighted by Crippen LogP contribution is -2.16. The number of aliphatic hydroxyl groups excluding tert-OH is 1. The Bertz CT molecular complexity index is 518. The molecule has 5 heteroatoms. The molecule has 1 aromatic carbocycles. The van der Waals surface area contributed by atoms with E-state index in [0.717, 1.165) is 0 Å². The van der Waals surface area contributed by atoms with E-state index >= 15 is 0 Å². The summed E-state index contributed by atoms with van der Waals surface area (Å²) >= 11 is 0. The minimum Gasteiger partial charge on any atom is -0.449 e. The largest absolute Gasteiger partial charge is 0.449 e. The molecule has 1 amide bonds.